The van der Waals surface area contributed by atoms with Gasteiger partial charge in [0, 0.05) is 17.6 Å². The molecule has 0 saturated carbocycles. The van der Waals surface area contributed by atoms with Crippen molar-refractivity contribution in [1.29, 1.82) is 0 Å². The Hall–Kier alpha value is -0.470. The van der Waals surface area contributed by atoms with E-state index in [4.69, 9.17) is 4.74 Å². The van der Waals surface area contributed by atoms with Crippen LogP contribution in [0.25, 0.3) is 0 Å². The Balaban J connectivity index is 2.31. The van der Waals surface area contributed by atoms with Gasteiger partial charge in [0.1, 0.15) is 0 Å². The van der Waals surface area contributed by atoms with E-state index >= 15 is 0 Å². The number of halogens is 1. The molecule has 1 atom stereocenters. The van der Waals surface area contributed by atoms with Crippen molar-refractivity contribution in [2.75, 3.05) is 20.3 Å². The maximum Gasteiger partial charge on any atom is 0.242 e. The van der Waals surface area contributed by atoms with Crippen molar-refractivity contribution in [3.63, 3.8) is 0 Å². The summed E-state index contributed by atoms with van der Waals surface area (Å²) in [5.41, 5.74) is 0.390. The summed E-state index contributed by atoms with van der Waals surface area (Å²) in [5, 5.41) is 3.01. The van der Waals surface area contributed by atoms with E-state index in [9.17, 15) is 8.42 Å². The fraction of sp³-hybridized carbons (Fsp3) is 0.538. The van der Waals surface area contributed by atoms with E-state index in [1.807, 2.05) is 20.0 Å². The Labute approximate surface area is 128 Å². The van der Waals surface area contributed by atoms with Crippen LogP contribution in [0.5, 0.6) is 0 Å². The molecule has 20 heavy (non-hydrogen) atoms. The van der Waals surface area contributed by atoms with Crippen LogP contribution in [-0.4, -0.2) is 34.2 Å². The van der Waals surface area contributed by atoms with Crippen molar-refractivity contribution in [1.82, 2.24) is 10.0 Å². The first-order valence-electron chi connectivity index (χ1n) is 6.41. The first-order chi connectivity index (χ1) is 9.36. The number of rotatable bonds is 5. The number of nitrogens with one attached hydrogen (secondary N) is 2. The molecule has 112 valence electrons. The minimum absolute atomic E-state index is 0.262. The second kappa shape index (κ2) is 6.11. The zero-order valence-corrected chi connectivity index (χ0v) is 14.0. The van der Waals surface area contributed by atoms with Crippen LogP contribution in [0.4, 0.5) is 0 Å². The van der Waals surface area contributed by atoms with E-state index in [1.165, 1.54) is 0 Å². The summed E-state index contributed by atoms with van der Waals surface area (Å²) in [6.45, 7) is 3.47. The third-order valence-electron chi connectivity index (χ3n) is 3.27. The van der Waals surface area contributed by atoms with E-state index in [0.717, 1.165) is 5.56 Å². The van der Waals surface area contributed by atoms with Crippen molar-refractivity contribution >= 4 is 26.0 Å². The van der Waals surface area contributed by atoms with Crippen molar-refractivity contribution in [3.8, 4) is 0 Å². The number of ether oxygens (including phenoxy) is 1. The van der Waals surface area contributed by atoms with Crippen LogP contribution < -0.4 is 10.0 Å². The van der Waals surface area contributed by atoms with Crippen LogP contribution in [0.15, 0.2) is 27.6 Å². The molecule has 1 saturated heterocycles. The van der Waals surface area contributed by atoms with Crippen molar-refractivity contribution in [2.24, 2.45) is 0 Å². The monoisotopic (exact) mass is 362 g/mol. The molecule has 1 heterocycles. The standard InChI is InChI=1S/C13H19BrN2O3S/c1-13(5-6-19-9-13)16-20(17,18)12-7-10(8-15-2)3-4-11(12)14/h3-4,7,15-16H,5-6,8-9H2,1-2H3. The number of sulfonamides is 1. The minimum atomic E-state index is -3.58. The van der Waals surface area contributed by atoms with Crippen LogP contribution in [0.3, 0.4) is 0 Å². The number of hydrogen-bond acceptors (Lipinski definition) is 4. The summed E-state index contributed by atoms with van der Waals surface area (Å²) >= 11 is 3.31. The molecule has 1 fully saturated rings. The number of hydrogen-bond donors (Lipinski definition) is 2. The van der Waals surface area contributed by atoms with Crippen LogP contribution in [-0.2, 0) is 21.3 Å². The van der Waals surface area contributed by atoms with Crippen LogP contribution in [0.2, 0.25) is 0 Å². The Morgan fingerprint density at radius 2 is 2.20 bits per heavy atom. The Morgan fingerprint density at radius 3 is 2.80 bits per heavy atom. The summed E-state index contributed by atoms with van der Waals surface area (Å²) in [4.78, 5) is 0.262. The van der Waals surface area contributed by atoms with Gasteiger partial charge in [0.05, 0.1) is 17.0 Å². The molecule has 2 N–H and O–H groups in total. The van der Waals surface area contributed by atoms with Crippen LogP contribution in [0, 0.1) is 0 Å². The molecular formula is C13H19BrN2O3S. The highest BCUT2D eigenvalue weighted by atomic mass is 79.9. The largest absolute Gasteiger partial charge is 0.379 e. The minimum Gasteiger partial charge on any atom is -0.379 e. The van der Waals surface area contributed by atoms with Gasteiger partial charge in [-0.15, -0.1) is 0 Å². The van der Waals surface area contributed by atoms with Gasteiger partial charge in [0.2, 0.25) is 10.0 Å². The summed E-state index contributed by atoms with van der Waals surface area (Å²) < 4.78 is 33.7. The first-order valence-corrected chi connectivity index (χ1v) is 8.69. The second-order valence-electron chi connectivity index (χ2n) is 5.26. The molecule has 0 amide bonds. The molecule has 0 spiro atoms. The van der Waals surface area contributed by atoms with Crippen molar-refractivity contribution < 1.29 is 13.2 Å². The highest BCUT2D eigenvalue weighted by molar-refractivity contribution is 9.10. The quantitative estimate of drug-likeness (QED) is 0.835. The fourth-order valence-electron chi connectivity index (χ4n) is 2.19. The van der Waals surface area contributed by atoms with Gasteiger partial charge in [-0.1, -0.05) is 6.07 Å². The van der Waals surface area contributed by atoms with Gasteiger partial charge in [0.15, 0.2) is 0 Å². The molecule has 1 aromatic rings. The molecule has 0 radical (unpaired) electrons. The normalized spacial score (nSPS) is 23.1. The lowest BCUT2D eigenvalue weighted by Gasteiger charge is -2.23. The lowest BCUT2D eigenvalue weighted by Crippen LogP contribution is -2.46. The molecular weight excluding hydrogens is 344 g/mol. The van der Waals surface area contributed by atoms with Gasteiger partial charge in [-0.25, -0.2) is 13.1 Å². The van der Waals surface area contributed by atoms with Gasteiger partial charge in [-0.2, -0.15) is 0 Å². The smallest absolute Gasteiger partial charge is 0.242 e. The third-order valence-corrected chi connectivity index (χ3v) is 5.90. The molecule has 5 nitrogen and oxygen atoms in total. The lowest BCUT2D eigenvalue weighted by molar-refractivity contribution is 0.178. The molecule has 1 aliphatic rings. The maximum atomic E-state index is 12.6. The SMILES string of the molecule is CNCc1ccc(Br)c(S(=O)(=O)NC2(C)CCOC2)c1. The fourth-order valence-corrected chi connectivity index (χ4v) is 4.63. The van der Waals surface area contributed by atoms with Gasteiger partial charge in [-0.05, 0) is 54.0 Å². The van der Waals surface area contributed by atoms with Crippen LogP contribution in [0.1, 0.15) is 18.9 Å². The van der Waals surface area contributed by atoms with Gasteiger partial charge >= 0.3 is 0 Å². The van der Waals surface area contributed by atoms with Crippen molar-refractivity contribution in [2.45, 2.75) is 30.3 Å². The Morgan fingerprint density at radius 1 is 1.45 bits per heavy atom. The second-order valence-corrected chi connectivity index (χ2v) is 7.77. The number of benzene rings is 1. The van der Waals surface area contributed by atoms with Crippen molar-refractivity contribution in [3.05, 3.63) is 28.2 Å². The Kier molecular flexibility index (Phi) is 4.86. The predicted octanol–water partition coefficient (Wildman–Crippen LogP) is 1.63. The molecule has 1 unspecified atom stereocenters. The average molecular weight is 363 g/mol. The highest BCUT2D eigenvalue weighted by Gasteiger charge is 2.35. The molecule has 0 bridgehead atoms. The third kappa shape index (κ3) is 3.59. The molecule has 1 aromatic carbocycles. The maximum absolute atomic E-state index is 12.6. The molecule has 1 aliphatic heterocycles. The van der Waals surface area contributed by atoms with E-state index in [-0.39, 0.29) is 4.90 Å². The average Bonchev–Trinajstić information content (AvgIpc) is 2.77. The zero-order chi connectivity index (χ0) is 14.8. The van der Waals surface area contributed by atoms with E-state index in [0.29, 0.717) is 30.7 Å². The van der Waals surface area contributed by atoms with Gasteiger partial charge in [-0.3, -0.25) is 0 Å². The zero-order valence-electron chi connectivity index (χ0n) is 11.6. The van der Waals surface area contributed by atoms with E-state index < -0.39 is 15.6 Å². The predicted molar refractivity (Wildman–Crippen MR) is 81.1 cm³/mol. The lowest BCUT2D eigenvalue weighted by atomic mass is 10.0. The first kappa shape index (κ1) is 15.9. The molecule has 0 aromatic heterocycles. The summed E-state index contributed by atoms with van der Waals surface area (Å²) in [6, 6.07) is 5.33. The highest BCUT2D eigenvalue weighted by Crippen LogP contribution is 2.26. The van der Waals surface area contributed by atoms with Crippen LogP contribution >= 0.6 is 15.9 Å². The van der Waals surface area contributed by atoms with Gasteiger partial charge < -0.3 is 10.1 Å². The summed E-state index contributed by atoms with van der Waals surface area (Å²) in [6.07, 6.45) is 0.681. The molecule has 7 heteroatoms. The Bertz CT molecular complexity index is 583. The van der Waals surface area contributed by atoms with Gasteiger partial charge in [0.25, 0.3) is 0 Å². The van der Waals surface area contributed by atoms with E-state index in [2.05, 4.69) is 26.0 Å². The van der Waals surface area contributed by atoms with E-state index in [1.54, 1.807) is 12.1 Å². The molecule has 0 aliphatic carbocycles. The summed E-state index contributed by atoms with van der Waals surface area (Å²) in [5.74, 6) is 0. The topological polar surface area (TPSA) is 67.4 Å². The summed E-state index contributed by atoms with van der Waals surface area (Å²) in [7, 11) is -1.75. The molecule has 2 rings (SSSR count).